The van der Waals surface area contributed by atoms with Crippen molar-refractivity contribution in [2.24, 2.45) is 0 Å². The zero-order valence-electron chi connectivity index (χ0n) is 10.1. The van der Waals surface area contributed by atoms with Crippen LogP contribution in [0.15, 0.2) is 18.3 Å². The molecule has 0 radical (unpaired) electrons. The van der Waals surface area contributed by atoms with Gasteiger partial charge in [0.05, 0.1) is 0 Å². The Morgan fingerprint density at radius 3 is 2.80 bits per heavy atom. The van der Waals surface area contributed by atoms with Crippen molar-refractivity contribution in [3.8, 4) is 0 Å². The number of anilines is 1. The van der Waals surface area contributed by atoms with Gasteiger partial charge >= 0.3 is 0 Å². The molecule has 0 aliphatic heterocycles. The topological polar surface area (TPSA) is 28.2 Å². The van der Waals surface area contributed by atoms with Crippen LogP contribution in [0.4, 0.5) is 5.82 Å². The van der Waals surface area contributed by atoms with E-state index in [9.17, 15) is 0 Å². The van der Waals surface area contributed by atoms with Gasteiger partial charge in [-0.1, -0.05) is 13.8 Å². The summed E-state index contributed by atoms with van der Waals surface area (Å²) < 4.78 is 0. The third kappa shape index (κ3) is 3.88. The van der Waals surface area contributed by atoms with E-state index in [0.717, 1.165) is 18.9 Å². The lowest BCUT2D eigenvalue weighted by molar-refractivity contribution is 0.588. The number of hydrogen-bond acceptors (Lipinski definition) is 3. The van der Waals surface area contributed by atoms with Crippen LogP contribution in [-0.2, 0) is 6.54 Å². The maximum absolute atomic E-state index is 4.34. The van der Waals surface area contributed by atoms with Crippen molar-refractivity contribution in [3.05, 3.63) is 23.9 Å². The van der Waals surface area contributed by atoms with Gasteiger partial charge in [-0.3, -0.25) is 0 Å². The molecule has 15 heavy (non-hydrogen) atoms. The summed E-state index contributed by atoms with van der Waals surface area (Å²) in [5.41, 5.74) is 1.29. The third-order valence-electron chi connectivity index (χ3n) is 2.39. The molecule has 84 valence electrons. The highest BCUT2D eigenvalue weighted by atomic mass is 15.1. The molecule has 1 N–H and O–H groups in total. The highest BCUT2D eigenvalue weighted by molar-refractivity contribution is 5.39. The fraction of sp³-hybridized carbons (Fsp3) is 0.583. The van der Waals surface area contributed by atoms with Crippen molar-refractivity contribution >= 4 is 5.82 Å². The quantitative estimate of drug-likeness (QED) is 0.801. The van der Waals surface area contributed by atoms with Gasteiger partial charge in [-0.15, -0.1) is 0 Å². The van der Waals surface area contributed by atoms with E-state index in [1.807, 2.05) is 6.20 Å². The Labute approximate surface area is 92.5 Å². The molecule has 3 heteroatoms. The first-order chi connectivity index (χ1) is 7.13. The van der Waals surface area contributed by atoms with Gasteiger partial charge in [-0.2, -0.15) is 0 Å². The standard InChI is InChI=1S/C12H21N3/c1-5-15(4)12-8-11(6-7-13-12)9-14-10(2)3/h6-8,10,14H,5,9H2,1-4H3. The molecule has 0 saturated carbocycles. The summed E-state index contributed by atoms with van der Waals surface area (Å²) in [6, 6.07) is 4.71. The molecule has 0 bridgehead atoms. The minimum Gasteiger partial charge on any atom is -0.360 e. The molecule has 1 aromatic rings. The summed E-state index contributed by atoms with van der Waals surface area (Å²) >= 11 is 0. The molecular formula is C12H21N3. The Hall–Kier alpha value is -1.09. The molecule has 0 spiro atoms. The van der Waals surface area contributed by atoms with Gasteiger partial charge in [0.2, 0.25) is 0 Å². The van der Waals surface area contributed by atoms with Crippen molar-refractivity contribution in [1.29, 1.82) is 0 Å². The zero-order chi connectivity index (χ0) is 11.3. The van der Waals surface area contributed by atoms with Gasteiger partial charge in [0, 0.05) is 32.4 Å². The van der Waals surface area contributed by atoms with Crippen LogP contribution in [0.3, 0.4) is 0 Å². The second-order valence-electron chi connectivity index (χ2n) is 4.07. The fourth-order valence-corrected chi connectivity index (χ4v) is 1.26. The van der Waals surface area contributed by atoms with E-state index >= 15 is 0 Å². The van der Waals surface area contributed by atoms with E-state index in [2.05, 4.69) is 55.2 Å². The van der Waals surface area contributed by atoms with Crippen LogP contribution < -0.4 is 10.2 Å². The van der Waals surface area contributed by atoms with Crippen molar-refractivity contribution in [2.75, 3.05) is 18.5 Å². The highest BCUT2D eigenvalue weighted by Crippen LogP contribution is 2.10. The monoisotopic (exact) mass is 207 g/mol. The Morgan fingerprint density at radius 2 is 2.20 bits per heavy atom. The molecule has 3 nitrogen and oxygen atoms in total. The summed E-state index contributed by atoms with van der Waals surface area (Å²) in [6.07, 6.45) is 1.87. The first-order valence-corrected chi connectivity index (χ1v) is 5.53. The van der Waals surface area contributed by atoms with Crippen molar-refractivity contribution in [3.63, 3.8) is 0 Å². The van der Waals surface area contributed by atoms with Crippen molar-refractivity contribution in [1.82, 2.24) is 10.3 Å². The largest absolute Gasteiger partial charge is 0.360 e. The molecule has 1 rings (SSSR count). The van der Waals surface area contributed by atoms with Crippen LogP contribution in [0, 0.1) is 0 Å². The van der Waals surface area contributed by atoms with Crippen LogP contribution in [0.2, 0.25) is 0 Å². The summed E-state index contributed by atoms with van der Waals surface area (Å²) in [5, 5.41) is 3.40. The lowest BCUT2D eigenvalue weighted by Gasteiger charge is -2.16. The molecule has 1 heterocycles. The first-order valence-electron chi connectivity index (χ1n) is 5.53. The maximum atomic E-state index is 4.34. The minimum absolute atomic E-state index is 0.519. The van der Waals surface area contributed by atoms with Crippen LogP contribution in [0.1, 0.15) is 26.3 Å². The lowest BCUT2D eigenvalue weighted by atomic mass is 10.2. The summed E-state index contributed by atoms with van der Waals surface area (Å²) in [7, 11) is 2.06. The van der Waals surface area contributed by atoms with Crippen LogP contribution in [0.25, 0.3) is 0 Å². The predicted octanol–water partition coefficient (Wildman–Crippen LogP) is 2.04. The van der Waals surface area contributed by atoms with E-state index in [1.165, 1.54) is 5.56 Å². The van der Waals surface area contributed by atoms with Crippen LogP contribution in [-0.4, -0.2) is 24.6 Å². The van der Waals surface area contributed by atoms with Crippen LogP contribution >= 0.6 is 0 Å². The van der Waals surface area contributed by atoms with Crippen molar-refractivity contribution < 1.29 is 0 Å². The Morgan fingerprint density at radius 1 is 1.47 bits per heavy atom. The van der Waals surface area contributed by atoms with E-state index < -0.39 is 0 Å². The van der Waals surface area contributed by atoms with Crippen LogP contribution in [0.5, 0.6) is 0 Å². The van der Waals surface area contributed by atoms with E-state index in [-0.39, 0.29) is 0 Å². The molecule has 1 aromatic heterocycles. The number of rotatable bonds is 5. The summed E-state index contributed by atoms with van der Waals surface area (Å²) in [5.74, 6) is 1.04. The van der Waals surface area contributed by atoms with Gasteiger partial charge in [0.15, 0.2) is 0 Å². The smallest absolute Gasteiger partial charge is 0.128 e. The number of hydrogen-bond donors (Lipinski definition) is 1. The molecule has 0 unspecified atom stereocenters. The average Bonchev–Trinajstić information content (AvgIpc) is 2.25. The number of nitrogens with one attached hydrogen (secondary N) is 1. The van der Waals surface area contributed by atoms with Gasteiger partial charge in [-0.25, -0.2) is 4.98 Å². The van der Waals surface area contributed by atoms with E-state index in [4.69, 9.17) is 0 Å². The normalized spacial score (nSPS) is 10.7. The summed E-state index contributed by atoms with van der Waals surface area (Å²) in [4.78, 5) is 6.47. The molecule has 0 atom stereocenters. The molecule has 0 amide bonds. The van der Waals surface area contributed by atoms with Crippen molar-refractivity contribution in [2.45, 2.75) is 33.4 Å². The SMILES string of the molecule is CCN(C)c1cc(CNC(C)C)ccn1. The van der Waals surface area contributed by atoms with Gasteiger partial charge in [0.25, 0.3) is 0 Å². The second kappa shape index (κ2) is 5.71. The highest BCUT2D eigenvalue weighted by Gasteiger charge is 2.01. The van der Waals surface area contributed by atoms with E-state index in [0.29, 0.717) is 6.04 Å². The number of pyridine rings is 1. The van der Waals surface area contributed by atoms with Gasteiger partial charge in [-0.05, 0) is 24.6 Å². The second-order valence-corrected chi connectivity index (χ2v) is 4.07. The molecule has 0 aromatic carbocycles. The number of aromatic nitrogens is 1. The molecular weight excluding hydrogens is 186 g/mol. The first kappa shape index (κ1) is 12.0. The maximum Gasteiger partial charge on any atom is 0.128 e. The minimum atomic E-state index is 0.519. The molecule has 0 aliphatic rings. The van der Waals surface area contributed by atoms with E-state index in [1.54, 1.807) is 0 Å². The molecule has 0 saturated heterocycles. The molecule has 0 fully saturated rings. The Balaban J connectivity index is 2.65. The Kier molecular flexibility index (Phi) is 4.56. The lowest BCUT2D eigenvalue weighted by Crippen LogP contribution is -2.22. The van der Waals surface area contributed by atoms with Gasteiger partial charge < -0.3 is 10.2 Å². The fourth-order valence-electron chi connectivity index (χ4n) is 1.26. The Bertz CT molecular complexity index is 297. The zero-order valence-corrected chi connectivity index (χ0v) is 10.1. The van der Waals surface area contributed by atoms with Gasteiger partial charge in [0.1, 0.15) is 5.82 Å². The summed E-state index contributed by atoms with van der Waals surface area (Å²) in [6.45, 7) is 8.32. The molecule has 0 aliphatic carbocycles. The number of nitrogens with zero attached hydrogens (tertiary/aromatic N) is 2. The predicted molar refractivity (Wildman–Crippen MR) is 65.2 cm³/mol. The average molecular weight is 207 g/mol. The third-order valence-corrected chi connectivity index (χ3v) is 2.39.